The molecule has 0 spiro atoms. The third-order valence-corrected chi connectivity index (χ3v) is 2.30. The van der Waals surface area contributed by atoms with Crippen molar-refractivity contribution in [3.05, 3.63) is 53.7 Å². The number of amides is 1. The van der Waals surface area contributed by atoms with Gasteiger partial charge in [0.25, 0.3) is 5.91 Å². The normalized spacial score (nSPS) is 9.94. The number of aryl methyl sites for hydroxylation is 1. The van der Waals surface area contributed by atoms with Gasteiger partial charge in [0.1, 0.15) is 11.6 Å². The molecule has 1 aromatic carbocycles. The molecule has 0 aliphatic carbocycles. The number of carbonyl (C=O) groups excluding carboxylic acids is 1. The van der Waals surface area contributed by atoms with Gasteiger partial charge in [0, 0.05) is 6.20 Å². The number of carbonyl (C=O) groups is 1. The van der Waals surface area contributed by atoms with Crippen molar-refractivity contribution in [3.8, 4) is 5.75 Å². The minimum Gasteiger partial charge on any atom is -0.507 e. The monoisotopic (exact) mass is 228 g/mol. The largest absolute Gasteiger partial charge is 0.507 e. The molecule has 0 aliphatic rings. The van der Waals surface area contributed by atoms with Crippen LogP contribution in [-0.4, -0.2) is 16.0 Å². The van der Waals surface area contributed by atoms with Crippen LogP contribution in [0.3, 0.4) is 0 Å². The molecule has 86 valence electrons. The summed E-state index contributed by atoms with van der Waals surface area (Å²) in [6, 6.07) is 10.1. The maximum Gasteiger partial charge on any atom is 0.260 e. The van der Waals surface area contributed by atoms with Gasteiger partial charge in [-0.25, -0.2) is 4.98 Å². The fourth-order valence-electron chi connectivity index (χ4n) is 1.45. The van der Waals surface area contributed by atoms with Crippen LogP contribution in [0.4, 0.5) is 5.82 Å². The molecule has 4 heteroatoms. The van der Waals surface area contributed by atoms with Crippen molar-refractivity contribution < 1.29 is 9.90 Å². The topological polar surface area (TPSA) is 62.2 Å². The quantitative estimate of drug-likeness (QED) is 0.829. The van der Waals surface area contributed by atoms with Gasteiger partial charge in [0.2, 0.25) is 0 Å². The number of pyridine rings is 1. The highest BCUT2D eigenvalue weighted by atomic mass is 16.3. The van der Waals surface area contributed by atoms with E-state index in [4.69, 9.17) is 0 Å². The molecule has 0 unspecified atom stereocenters. The summed E-state index contributed by atoms with van der Waals surface area (Å²) in [5, 5.41) is 12.2. The van der Waals surface area contributed by atoms with Crippen molar-refractivity contribution in [3.63, 3.8) is 0 Å². The Morgan fingerprint density at radius 3 is 2.82 bits per heavy atom. The number of benzene rings is 1. The Morgan fingerprint density at radius 2 is 2.12 bits per heavy atom. The van der Waals surface area contributed by atoms with Gasteiger partial charge >= 0.3 is 0 Å². The van der Waals surface area contributed by atoms with Gasteiger partial charge in [-0.3, -0.25) is 4.79 Å². The predicted molar refractivity (Wildman–Crippen MR) is 65.0 cm³/mol. The van der Waals surface area contributed by atoms with Gasteiger partial charge in [-0.05, 0) is 31.2 Å². The summed E-state index contributed by atoms with van der Waals surface area (Å²) >= 11 is 0. The van der Waals surface area contributed by atoms with Crippen LogP contribution in [0.25, 0.3) is 0 Å². The smallest absolute Gasteiger partial charge is 0.260 e. The second kappa shape index (κ2) is 4.65. The summed E-state index contributed by atoms with van der Waals surface area (Å²) in [6.45, 7) is 1.86. The Kier molecular flexibility index (Phi) is 3.05. The first kappa shape index (κ1) is 11.1. The highest BCUT2D eigenvalue weighted by Crippen LogP contribution is 2.19. The Balaban J connectivity index is 2.23. The van der Waals surface area contributed by atoms with Crippen molar-refractivity contribution in [2.45, 2.75) is 6.92 Å². The van der Waals surface area contributed by atoms with Crippen LogP contribution in [0.15, 0.2) is 42.6 Å². The fourth-order valence-corrected chi connectivity index (χ4v) is 1.45. The van der Waals surface area contributed by atoms with Gasteiger partial charge < -0.3 is 10.4 Å². The molecule has 1 heterocycles. The van der Waals surface area contributed by atoms with E-state index in [1.165, 1.54) is 6.07 Å². The van der Waals surface area contributed by atoms with Crippen LogP contribution >= 0.6 is 0 Å². The van der Waals surface area contributed by atoms with Crippen LogP contribution in [0.2, 0.25) is 0 Å². The number of rotatable bonds is 2. The van der Waals surface area contributed by atoms with Crippen molar-refractivity contribution in [2.75, 3.05) is 5.32 Å². The molecule has 2 rings (SSSR count). The number of anilines is 1. The molecule has 0 saturated carbocycles. The van der Waals surface area contributed by atoms with Crippen LogP contribution in [-0.2, 0) is 0 Å². The molecule has 4 nitrogen and oxygen atoms in total. The molecule has 0 saturated heterocycles. The Morgan fingerprint density at radius 1 is 1.29 bits per heavy atom. The SMILES string of the molecule is Cc1ccc(O)c(C(=O)Nc2ccccn2)c1. The van der Waals surface area contributed by atoms with Gasteiger partial charge in [0.15, 0.2) is 0 Å². The zero-order chi connectivity index (χ0) is 12.3. The lowest BCUT2D eigenvalue weighted by molar-refractivity contribution is 0.102. The van der Waals surface area contributed by atoms with Crippen LogP contribution in [0.1, 0.15) is 15.9 Å². The molecule has 0 atom stereocenters. The summed E-state index contributed by atoms with van der Waals surface area (Å²) in [5.74, 6) is 0.0485. The lowest BCUT2D eigenvalue weighted by Crippen LogP contribution is -2.13. The minimum absolute atomic E-state index is 0.0379. The summed E-state index contributed by atoms with van der Waals surface area (Å²) < 4.78 is 0. The second-order valence-electron chi connectivity index (χ2n) is 3.69. The molecule has 17 heavy (non-hydrogen) atoms. The Labute approximate surface area is 98.9 Å². The minimum atomic E-state index is -0.370. The van der Waals surface area contributed by atoms with E-state index in [0.29, 0.717) is 5.82 Å². The standard InChI is InChI=1S/C13H12N2O2/c1-9-5-6-11(16)10(8-9)13(17)15-12-4-2-3-7-14-12/h2-8,16H,1H3,(H,14,15,17). The van der Waals surface area contributed by atoms with E-state index in [-0.39, 0.29) is 17.2 Å². The molecule has 1 aromatic heterocycles. The molecule has 0 fully saturated rings. The van der Waals surface area contributed by atoms with Crippen molar-refractivity contribution in [2.24, 2.45) is 0 Å². The van der Waals surface area contributed by atoms with Gasteiger partial charge in [0.05, 0.1) is 5.56 Å². The molecule has 0 radical (unpaired) electrons. The van der Waals surface area contributed by atoms with Gasteiger partial charge in [-0.2, -0.15) is 0 Å². The van der Waals surface area contributed by atoms with Crippen molar-refractivity contribution >= 4 is 11.7 Å². The number of nitrogens with zero attached hydrogens (tertiary/aromatic N) is 1. The molecule has 0 aliphatic heterocycles. The second-order valence-corrected chi connectivity index (χ2v) is 3.69. The molecular formula is C13H12N2O2. The summed E-state index contributed by atoms with van der Waals surface area (Å²) in [6.07, 6.45) is 1.59. The predicted octanol–water partition coefficient (Wildman–Crippen LogP) is 2.35. The number of hydrogen-bond donors (Lipinski definition) is 2. The van der Waals surface area contributed by atoms with E-state index < -0.39 is 0 Å². The number of nitrogens with one attached hydrogen (secondary N) is 1. The first-order valence-electron chi connectivity index (χ1n) is 5.19. The number of phenolic OH excluding ortho intramolecular Hbond substituents is 1. The number of aromatic nitrogens is 1. The summed E-state index contributed by atoms with van der Waals surface area (Å²) in [7, 11) is 0. The lowest BCUT2D eigenvalue weighted by atomic mass is 10.1. The number of hydrogen-bond acceptors (Lipinski definition) is 3. The van der Waals surface area contributed by atoms with E-state index in [2.05, 4.69) is 10.3 Å². The van der Waals surface area contributed by atoms with Gasteiger partial charge in [-0.1, -0.05) is 17.7 Å². The average molecular weight is 228 g/mol. The summed E-state index contributed by atoms with van der Waals surface area (Å²) in [4.78, 5) is 15.9. The third-order valence-electron chi connectivity index (χ3n) is 2.30. The Bertz CT molecular complexity index is 538. The Hall–Kier alpha value is -2.36. The fraction of sp³-hybridized carbons (Fsp3) is 0.0769. The van der Waals surface area contributed by atoms with Gasteiger partial charge in [-0.15, -0.1) is 0 Å². The summed E-state index contributed by atoms with van der Waals surface area (Å²) in [5.41, 5.74) is 1.16. The average Bonchev–Trinajstić information content (AvgIpc) is 2.33. The highest BCUT2D eigenvalue weighted by Gasteiger charge is 2.11. The van der Waals surface area contributed by atoms with Crippen LogP contribution in [0.5, 0.6) is 5.75 Å². The molecule has 1 amide bonds. The molecule has 0 bridgehead atoms. The van der Waals surface area contributed by atoms with Crippen molar-refractivity contribution in [1.29, 1.82) is 0 Å². The highest BCUT2D eigenvalue weighted by molar-refractivity contribution is 6.05. The lowest BCUT2D eigenvalue weighted by Gasteiger charge is -2.06. The molecule has 2 N–H and O–H groups in total. The molecule has 2 aromatic rings. The maximum absolute atomic E-state index is 11.9. The van der Waals surface area contributed by atoms with E-state index in [1.807, 2.05) is 6.92 Å². The van der Waals surface area contributed by atoms with Crippen LogP contribution in [0, 0.1) is 6.92 Å². The van der Waals surface area contributed by atoms with E-state index >= 15 is 0 Å². The van der Waals surface area contributed by atoms with Crippen LogP contribution < -0.4 is 5.32 Å². The zero-order valence-electron chi connectivity index (χ0n) is 9.34. The van der Waals surface area contributed by atoms with E-state index in [1.54, 1.807) is 36.5 Å². The first-order chi connectivity index (χ1) is 8.16. The number of phenols is 1. The van der Waals surface area contributed by atoms with E-state index in [9.17, 15) is 9.90 Å². The maximum atomic E-state index is 11.9. The zero-order valence-corrected chi connectivity index (χ0v) is 9.34. The number of aromatic hydroxyl groups is 1. The van der Waals surface area contributed by atoms with E-state index in [0.717, 1.165) is 5.56 Å². The first-order valence-corrected chi connectivity index (χ1v) is 5.19. The van der Waals surface area contributed by atoms with Crippen molar-refractivity contribution in [1.82, 2.24) is 4.98 Å². The molecular weight excluding hydrogens is 216 g/mol. The third kappa shape index (κ3) is 2.60.